The van der Waals surface area contributed by atoms with E-state index in [0.717, 1.165) is 0 Å². The smallest absolute Gasteiger partial charge is 0.451 e. The van der Waals surface area contributed by atoms with E-state index in [1.807, 2.05) is 0 Å². The van der Waals surface area contributed by atoms with Gasteiger partial charge >= 0.3 is 51.4 Å². The molecule has 32 valence electrons. The molecule has 0 aliphatic carbocycles. The van der Waals surface area contributed by atoms with Crippen LogP contribution in [0.4, 0.5) is 0 Å². The molecule has 0 aliphatic rings. The summed E-state index contributed by atoms with van der Waals surface area (Å²) in [6.07, 6.45) is 0. The van der Waals surface area contributed by atoms with Crippen molar-refractivity contribution in [2.75, 3.05) is 5.75 Å². The van der Waals surface area contributed by atoms with Crippen LogP contribution < -0.4 is 51.4 Å². The first-order valence-corrected chi connectivity index (χ1v) is 3.57. The molecule has 0 atom stereocenters. The van der Waals surface area contributed by atoms with E-state index in [1.54, 1.807) is 6.92 Å². The van der Waals surface area contributed by atoms with Gasteiger partial charge in [-0.3, -0.25) is 0 Å². The average Bonchev–Trinajstić information content (AvgIpc) is 1.38. The summed E-state index contributed by atoms with van der Waals surface area (Å²) in [5, 5.41) is 0. The Bertz CT molecular complexity index is 69.6. The van der Waals surface area contributed by atoms with E-state index >= 15 is 0 Å². The molecular formula is C2H5KOS2. The maximum Gasteiger partial charge on any atom is 1.00 e. The SMILES string of the molecule is CC[S-](=O)=S.[K+]. The van der Waals surface area contributed by atoms with E-state index in [2.05, 4.69) is 11.2 Å². The number of hydrogen-bond donors (Lipinski definition) is 0. The minimum Gasteiger partial charge on any atom is -0.451 e. The summed E-state index contributed by atoms with van der Waals surface area (Å²) < 4.78 is 9.74. The Kier molecular flexibility index (Phi) is 12.7. The first-order chi connectivity index (χ1) is 2.27. The molecule has 0 saturated carbocycles. The quantitative estimate of drug-likeness (QED) is 0.300. The van der Waals surface area contributed by atoms with Crippen molar-refractivity contribution >= 4 is 20.5 Å². The minimum atomic E-state index is -0.989. The molecule has 0 aromatic carbocycles. The predicted octanol–water partition coefficient (Wildman–Crippen LogP) is -2.56. The second-order valence-corrected chi connectivity index (χ2v) is 2.89. The Morgan fingerprint density at radius 1 is 1.83 bits per heavy atom. The topological polar surface area (TPSA) is 17.1 Å². The Morgan fingerprint density at radius 2 is 2.00 bits per heavy atom. The molecule has 0 spiro atoms. The van der Waals surface area contributed by atoms with Crippen molar-refractivity contribution in [3.63, 3.8) is 0 Å². The summed E-state index contributed by atoms with van der Waals surface area (Å²) in [5.41, 5.74) is 0. The first-order valence-electron chi connectivity index (χ1n) is 1.33. The fraction of sp³-hybridized carbons (Fsp3) is 1.00. The molecule has 0 unspecified atom stereocenters. The zero-order chi connectivity index (χ0) is 4.28. The Morgan fingerprint density at radius 3 is 2.00 bits per heavy atom. The fourth-order valence-corrected chi connectivity index (χ4v) is 0. The zero-order valence-electron chi connectivity index (χ0n) is 3.93. The zero-order valence-corrected chi connectivity index (χ0v) is 8.69. The molecule has 0 aliphatic heterocycles. The average molecular weight is 148 g/mol. The second-order valence-electron chi connectivity index (χ2n) is 0.592. The van der Waals surface area contributed by atoms with Crippen molar-refractivity contribution in [3.05, 3.63) is 0 Å². The van der Waals surface area contributed by atoms with Crippen molar-refractivity contribution in [3.8, 4) is 0 Å². The van der Waals surface area contributed by atoms with Gasteiger partial charge in [0, 0.05) is 0 Å². The van der Waals surface area contributed by atoms with Crippen LogP contribution in [0.2, 0.25) is 0 Å². The van der Waals surface area contributed by atoms with Crippen molar-refractivity contribution in [1.82, 2.24) is 0 Å². The number of hydrogen-bond acceptors (Lipinski definition) is 3. The third-order valence-electron chi connectivity index (χ3n) is 0.236. The molecular weight excluding hydrogens is 143 g/mol. The van der Waals surface area contributed by atoms with Gasteiger partial charge in [0.25, 0.3) is 0 Å². The molecule has 0 aromatic heterocycles. The van der Waals surface area contributed by atoms with Crippen LogP contribution in [0.3, 0.4) is 0 Å². The summed E-state index contributed by atoms with van der Waals surface area (Å²) in [6, 6.07) is 0. The molecule has 0 rings (SSSR count). The van der Waals surface area contributed by atoms with Gasteiger partial charge in [0.05, 0.1) is 0 Å². The molecule has 0 saturated heterocycles. The van der Waals surface area contributed by atoms with Crippen molar-refractivity contribution in [2.45, 2.75) is 6.92 Å². The van der Waals surface area contributed by atoms with E-state index in [9.17, 15) is 4.21 Å². The summed E-state index contributed by atoms with van der Waals surface area (Å²) in [7, 11) is -0.989. The van der Waals surface area contributed by atoms with Crippen LogP contribution in [-0.4, -0.2) is 5.75 Å². The Balaban J connectivity index is 0. The summed E-state index contributed by atoms with van der Waals surface area (Å²) in [4.78, 5) is 0. The van der Waals surface area contributed by atoms with Gasteiger partial charge in [-0.15, -0.1) is 0 Å². The van der Waals surface area contributed by atoms with Gasteiger partial charge in [0.2, 0.25) is 0 Å². The van der Waals surface area contributed by atoms with Gasteiger partial charge in [-0.1, -0.05) is 12.7 Å². The van der Waals surface area contributed by atoms with Crippen LogP contribution in [0, 0.1) is 0 Å². The fourth-order valence-electron chi connectivity index (χ4n) is 0. The normalized spacial score (nSPS) is 7.67. The molecule has 0 aromatic rings. The standard InChI is InChI=1S/C2H5OS2.K/c1-2-5(3)4;/h2H2,1H3;/q-1;+1. The number of rotatable bonds is 1. The molecule has 6 heavy (non-hydrogen) atoms. The molecule has 0 fully saturated rings. The molecule has 4 heteroatoms. The van der Waals surface area contributed by atoms with E-state index in [1.165, 1.54) is 0 Å². The van der Waals surface area contributed by atoms with Crippen LogP contribution in [-0.2, 0) is 24.8 Å². The van der Waals surface area contributed by atoms with Crippen LogP contribution >= 0.6 is 0 Å². The van der Waals surface area contributed by atoms with Crippen LogP contribution in [0.1, 0.15) is 6.92 Å². The molecule has 1 nitrogen and oxygen atoms in total. The monoisotopic (exact) mass is 148 g/mol. The van der Waals surface area contributed by atoms with E-state index in [0.29, 0.717) is 5.75 Å². The maximum atomic E-state index is 9.74. The van der Waals surface area contributed by atoms with Crippen molar-refractivity contribution < 1.29 is 55.6 Å². The molecule has 0 bridgehead atoms. The maximum absolute atomic E-state index is 9.74. The van der Waals surface area contributed by atoms with Crippen molar-refractivity contribution in [1.29, 1.82) is 0 Å². The predicted molar refractivity (Wildman–Crippen MR) is 26.0 cm³/mol. The van der Waals surface area contributed by atoms with Gasteiger partial charge in [-0.25, -0.2) is 20.5 Å². The largest absolute Gasteiger partial charge is 1.00 e. The Hall–Kier alpha value is 2.01. The third-order valence-corrected chi connectivity index (χ3v) is 1.41. The van der Waals surface area contributed by atoms with Crippen LogP contribution in [0.5, 0.6) is 0 Å². The first kappa shape index (κ1) is 10.9. The van der Waals surface area contributed by atoms with E-state index in [4.69, 9.17) is 0 Å². The second kappa shape index (κ2) is 7.01. The van der Waals surface area contributed by atoms with E-state index < -0.39 is 9.36 Å². The molecule has 0 radical (unpaired) electrons. The van der Waals surface area contributed by atoms with E-state index in [-0.39, 0.29) is 51.4 Å². The van der Waals surface area contributed by atoms with Crippen LogP contribution in [0.25, 0.3) is 0 Å². The summed E-state index contributed by atoms with van der Waals surface area (Å²) in [6.45, 7) is 1.79. The van der Waals surface area contributed by atoms with Gasteiger partial charge in [0.15, 0.2) is 0 Å². The minimum absolute atomic E-state index is 0. The third kappa shape index (κ3) is 9.38. The summed E-state index contributed by atoms with van der Waals surface area (Å²) in [5.74, 6) is 0.593. The Labute approximate surface area is 87.0 Å². The molecule has 0 N–H and O–H groups in total. The van der Waals surface area contributed by atoms with Crippen molar-refractivity contribution in [2.24, 2.45) is 0 Å². The van der Waals surface area contributed by atoms with Gasteiger partial charge < -0.3 is 4.21 Å². The molecule has 0 amide bonds. The van der Waals surface area contributed by atoms with Crippen LogP contribution in [0.15, 0.2) is 0 Å². The van der Waals surface area contributed by atoms with Gasteiger partial charge in [-0.05, 0) is 0 Å². The molecule has 0 heterocycles. The van der Waals surface area contributed by atoms with Gasteiger partial charge in [0.1, 0.15) is 0 Å². The summed E-state index contributed by atoms with van der Waals surface area (Å²) >= 11 is 4.25. The van der Waals surface area contributed by atoms with Gasteiger partial charge in [-0.2, -0.15) is 0 Å².